The number of aliphatic hydroxyl groups excluding tert-OH is 1. The maximum Gasteiger partial charge on any atom is 0.175 e. The first-order valence-electron chi connectivity index (χ1n) is 4.05. The summed E-state index contributed by atoms with van der Waals surface area (Å²) >= 11 is 0. The molecule has 0 atom stereocenters. The predicted molar refractivity (Wildman–Crippen MR) is 50.3 cm³/mol. The maximum atomic E-state index is 13.2. The summed E-state index contributed by atoms with van der Waals surface area (Å²) < 4.78 is 35.7. The molecular weight excluding hydrogens is 207 g/mol. The van der Waals surface area contributed by atoms with Crippen molar-refractivity contribution in [3.8, 4) is 0 Å². The van der Waals surface area contributed by atoms with Crippen molar-refractivity contribution in [2.45, 2.75) is 11.3 Å². The third-order valence-corrected chi connectivity index (χ3v) is 3.02. The van der Waals surface area contributed by atoms with Crippen LogP contribution in [0.4, 0.5) is 4.39 Å². The van der Waals surface area contributed by atoms with Gasteiger partial charge in [0.25, 0.3) is 0 Å². The minimum Gasteiger partial charge on any atom is -0.396 e. The number of rotatable bonds is 3. The molecule has 0 aliphatic heterocycles. The zero-order chi connectivity index (χ0) is 10.8. The van der Waals surface area contributed by atoms with Crippen LogP contribution < -0.4 is 0 Å². The smallest absolute Gasteiger partial charge is 0.175 e. The first kappa shape index (κ1) is 11.1. The predicted octanol–water partition coefficient (Wildman–Crippen LogP) is 0.764. The van der Waals surface area contributed by atoms with Crippen LogP contribution in [0, 0.1) is 5.82 Å². The second-order valence-corrected chi connectivity index (χ2v) is 4.95. The molecule has 0 spiro atoms. The van der Waals surface area contributed by atoms with Crippen LogP contribution in [0.3, 0.4) is 0 Å². The number of aliphatic hydroxyl groups is 1. The van der Waals surface area contributed by atoms with E-state index < -0.39 is 15.7 Å². The van der Waals surface area contributed by atoms with Gasteiger partial charge in [0, 0.05) is 18.4 Å². The SMILES string of the molecule is CS(=O)(=O)c1cccc(F)c1CCO. The van der Waals surface area contributed by atoms with E-state index in [0.717, 1.165) is 6.26 Å². The number of sulfone groups is 1. The molecule has 0 unspecified atom stereocenters. The molecule has 0 saturated heterocycles. The van der Waals surface area contributed by atoms with Gasteiger partial charge in [0.05, 0.1) is 4.90 Å². The molecule has 0 fully saturated rings. The van der Waals surface area contributed by atoms with Crippen LogP contribution in [0.25, 0.3) is 0 Å². The number of benzene rings is 1. The highest BCUT2D eigenvalue weighted by Gasteiger charge is 2.15. The van der Waals surface area contributed by atoms with Crippen molar-refractivity contribution in [1.82, 2.24) is 0 Å². The largest absolute Gasteiger partial charge is 0.396 e. The first-order valence-corrected chi connectivity index (χ1v) is 5.94. The normalized spacial score (nSPS) is 11.6. The lowest BCUT2D eigenvalue weighted by atomic mass is 10.1. The second-order valence-electron chi connectivity index (χ2n) is 2.96. The molecule has 0 saturated carbocycles. The lowest BCUT2D eigenvalue weighted by Gasteiger charge is -2.07. The van der Waals surface area contributed by atoms with Crippen LogP contribution >= 0.6 is 0 Å². The molecule has 0 aromatic heterocycles. The minimum atomic E-state index is -3.43. The highest BCUT2D eigenvalue weighted by molar-refractivity contribution is 7.90. The molecule has 0 bridgehead atoms. The van der Waals surface area contributed by atoms with Crippen LogP contribution in [0.5, 0.6) is 0 Å². The Morgan fingerprint density at radius 3 is 2.57 bits per heavy atom. The van der Waals surface area contributed by atoms with Gasteiger partial charge < -0.3 is 5.11 Å². The van der Waals surface area contributed by atoms with Gasteiger partial charge in [0.15, 0.2) is 9.84 Å². The summed E-state index contributed by atoms with van der Waals surface area (Å²) in [5.74, 6) is -0.595. The van der Waals surface area contributed by atoms with Gasteiger partial charge in [-0.15, -0.1) is 0 Å². The number of hydrogen-bond acceptors (Lipinski definition) is 3. The Morgan fingerprint density at radius 2 is 2.07 bits per heavy atom. The van der Waals surface area contributed by atoms with E-state index in [4.69, 9.17) is 5.11 Å². The zero-order valence-corrected chi connectivity index (χ0v) is 8.51. The maximum absolute atomic E-state index is 13.2. The van der Waals surface area contributed by atoms with Gasteiger partial charge in [-0.1, -0.05) is 6.07 Å². The molecule has 0 amide bonds. The molecule has 1 rings (SSSR count). The van der Waals surface area contributed by atoms with E-state index in [0.29, 0.717) is 0 Å². The number of halogens is 1. The highest BCUT2D eigenvalue weighted by atomic mass is 32.2. The van der Waals surface area contributed by atoms with Gasteiger partial charge in [-0.05, 0) is 18.6 Å². The van der Waals surface area contributed by atoms with E-state index in [1.165, 1.54) is 18.2 Å². The van der Waals surface area contributed by atoms with Gasteiger partial charge >= 0.3 is 0 Å². The summed E-state index contributed by atoms with van der Waals surface area (Å²) in [6.45, 7) is -0.274. The van der Waals surface area contributed by atoms with Gasteiger partial charge in [0.2, 0.25) is 0 Å². The van der Waals surface area contributed by atoms with Crippen molar-refractivity contribution in [2.75, 3.05) is 12.9 Å². The fourth-order valence-electron chi connectivity index (χ4n) is 1.24. The topological polar surface area (TPSA) is 54.4 Å². The lowest BCUT2D eigenvalue weighted by Crippen LogP contribution is -2.06. The molecule has 5 heteroatoms. The molecule has 0 aliphatic carbocycles. The Bertz CT molecular complexity index is 426. The molecule has 0 aliphatic rings. The molecule has 1 aromatic rings. The molecular formula is C9H11FO3S. The van der Waals surface area contributed by atoms with Gasteiger partial charge in [-0.2, -0.15) is 0 Å². The Hall–Kier alpha value is -0.940. The van der Waals surface area contributed by atoms with E-state index in [1.54, 1.807) is 0 Å². The molecule has 1 aromatic carbocycles. The minimum absolute atomic E-state index is 0.00900. The fraction of sp³-hybridized carbons (Fsp3) is 0.333. The molecule has 0 heterocycles. The van der Waals surface area contributed by atoms with Gasteiger partial charge in [0.1, 0.15) is 5.82 Å². The van der Waals surface area contributed by atoms with Crippen molar-refractivity contribution >= 4 is 9.84 Å². The van der Waals surface area contributed by atoms with Crippen LogP contribution in [0.2, 0.25) is 0 Å². The monoisotopic (exact) mass is 218 g/mol. The van der Waals surface area contributed by atoms with E-state index in [1.807, 2.05) is 0 Å². The Labute approximate surface area is 82.1 Å². The van der Waals surface area contributed by atoms with Crippen molar-refractivity contribution in [3.05, 3.63) is 29.6 Å². The Kier molecular flexibility index (Phi) is 3.23. The number of hydrogen-bond donors (Lipinski definition) is 1. The average molecular weight is 218 g/mol. The van der Waals surface area contributed by atoms with E-state index in [-0.39, 0.29) is 23.5 Å². The van der Waals surface area contributed by atoms with Crippen molar-refractivity contribution < 1.29 is 17.9 Å². The summed E-state index contributed by atoms with van der Waals surface area (Å²) in [7, 11) is -3.43. The molecule has 0 radical (unpaired) electrons. The van der Waals surface area contributed by atoms with Crippen LogP contribution in [-0.2, 0) is 16.3 Å². The molecule has 14 heavy (non-hydrogen) atoms. The molecule has 1 N–H and O–H groups in total. The van der Waals surface area contributed by atoms with Crippen LogP contribution in [0.1, 0.15) is 5.56 Å². The zero-order valence-electron chi connectivity index (χ0n) is 7.70. The Balaban J connectivity index is 3.36. The van der Waals surface area contributed by atoms with Crippen molar-refractivity contribution in [1.29, 1.82) is 0 Å². The van der Waals surface area contributed by atoms with E-state index in [2.05, 4.69) is 0 Å². The highest BCUT2D eigenvalue weighted by Crippen LogP contribution is 2.19. The van der Waals surface area contributed by atoms with Crippen LogP contribution in [-0.4, -0.2) is 26.4 Å². The summed E-state index contributed by atoms with van der Waals surface area (Å²) in [5.41, 5.74) is 0.0532. The van der Waals surface area contributed by atoms with Gasteiger partial charge in [-0.25, -0.2) is 12.8 Å². The summed E-state index contributed by atoms with van der Waals surface area (Å²) in [5, 5.41) is 8.67. The third kappa shape index (κ3) is 2.30. The fourth-order valence-corrected chi connectivity index (χ4v) is 2.21. The standard InChI is InChI=1S/C9H11FO3S/c1-14(12,13)9-4-2-3-8(10)7(9)5-6-11/h2-4,11H,5-6H2,1H3. The first-order chi connectivity index (χ1) is 6.46. The average Bonchev–Trinajstić information content (AvgIpc) is 2.07. The Morgan fingerprint density at radius 1 is 1.43 bits per heavy atom. The summed E-state index contributed by atoms with van der Waals surface area (Å²) in [6, 6.07) is 3.86. The second kappa shape index (κ2) is 4.06. The quantitative estimate of drug-likeness (QED) is 0.815. The lowest BCUT2D eigenvalue weighted by molar-refractivity contribution is 0.296. The van der Waals surface area contributed by atoms with Crippen LogP contribution in [0.15, 0.2) is 23.1 Å². The van der Waals surface area contributed by atoms with Crippen molar-refractivity contribution in [2.24, 2.45) is 0 Å². The van der Waals surface area contributed by atoms with E-state index in [9.17, 15) is 12.8 Å². The van der Waals surface area contributed by atoms with E-state index >= 15 is 0 Å². The van der Waals surface area contributed by atoms with Crippen molar-refractivity contribution in [3.63, 3.8) is 0 Å². The molecule has 78 valence electrons. The third-order valence-electron chi connectivity index (χ3n) is 1.84. The summed E-state index contributed by atoms with van der Waals surface area (Å²) in [6.07, 6.45) is 1.03. The summed E-state index contributed by atoms with van der Waals surface area (Å²) in [4.78, 5) is -0.0495. The molecule has 3 nitrogen and oxygen atoms in total. The van der Waals surface area contributed by atoms with Gasteiger partial charge in [-0.3, -0.25) is 0 Å².